The smallest absolute Gasteiger partial charge is 0.296 e. The maximum absolute atomic E-state index is 13.0. The lowest BCUT2D eigenvalue weighted by molar-refractivity contribution is -0.141. The van der Waals surface area contributed by atoms with E-state index in [1.165, 1.54) is 12.1 Å². The van der Waals surface area contributed by atoms with E-state index in [1.54, 1.807) is 0 Å². The highest BCUT2D eigenvalue weighted by atomic mass is 19.4. The van der Waals surface area contributed by atoms with Gasteiger partial charge in [0.05, 0.1) is 5.69 Å². The van der Waals surface area contributed by atoms with Crippen molar-refractivity contribution < 1.29 is 22.4 Å². The third kappa shape index (κ3) is 2.24. The zero-order valence-electron chi connectivity index (χ0n) is 8.78. The molecule has 0 aliphatic carbocycles. The maximum atomic E-state index is 13.0. The zero-order chi connectivity index (χ0) is 13.3. The quantitative estimate of drug-likeness (QED) is 0.613. The van der Waals surface area contributed by atoms with Gasteiger partial charge >= 0.3 is 6.18 Å². The number of alkyl halides is 3. The standard InChI is InChI=1S/C11H6F4N2O/c12-7-2-1-3-8(4-7)17-9(6-18)5-10(16-17)11(13,14)15/h1-6H. The van der Waals surface area contributed by atoms with Crippen LogP contribution in [0.15, 0.2) is 30.3 Å². The summed E-state index contributed by atoms with van der Waals surface area (Å²) in [4.78, 5) is 10.7. The zero-order valence-corrected chi connectivity index (χ0v) is 8.78. The van der Waals surface area contributed by atoms with Crippen LogP contribution in [0.25, 0.3) is 5.69 Å². The lowest BCUT2D eigenvalue weighted by atomic mass is 10.3. The first-order valence-electron chi connectivity index (χ1n) is 4.80. The predicted octanol–water partition coefficient (Wildman–Crippen LogP) is 2.84. The molecule has 3 nitrogen and oxygen atoms in total. The van der Waals surface area contributed by atoms with E-state index in [0.29, 0.717) is 6.07 Å². The number of carbonyl (C=O) groups is 1. The Labute approximate surface area is 98.6 Å². The summed E-state index contributed by atoms with van der Waals surface area (Å²) in [5, 5.41) is 3.26. The van der Waals surface area contributed by atoms with Crippen LogP contribution in [0, 0.1) is 5.82 Å². The molecule has 1 heterocycles. The molecule has 0 saturated carbocycles. The third-order valence-corrected chi connectivity index (χ3v) is 2.20. The number of carbonyl (C=O) groups excluding carboxylic acids is 1. The molecule has 0 aliphatic heterocycles. The maximum Gasteiger partial charge on any atom is 0.435 e. The lowest BCUT2D eigenvalue weighted by Crippen LogP contribution is -2.07. The van der Waals surface area contributed by atoms with E-state index in [2.05, 4.69) is 5.10 Å². The van der Waals surface area contributed by atoms with Crippen molar-refractivity contribution in [3.05, 3.63) is 47.5 Å². The molecule has 94 valence electrons. The van der Waals surface area contributed by atoms with E-state index in [9.17, 15) is 22.4 Å². The molecule has 0 N–H and O–H groups in total. The van der Waals surface area contributed by atoms with Crippen molar-refractivity contribution in [1.82, 2.24) is 9.78 Å². The molecule has 2 aromatic rings. The average Bonchev–Trinajstić information content (AvgIpc) is 2.72. The highest BCUT2D eigenvalue weighted by Crippen LogP contribution is 2.29. The van der Waals surface area contributed by atoms with E-state index < -0.39 is 17.7 Å². The molecule has 18 heavy (non-hydrogen) atoms. The van der Waals surface area contributed by atoms with Crippen LogP contribution in [-0.2, 0) is 6.18 Å². The molecular formula is C11H6F4N2O. The fraction of sp³-hybridized carbons (Fsp3) is 0.0909. The van der Waals surface area contributed by atoms with Gasteiger partial charge in [0.1, 0.15) is 11.5 Å². The Morgan fingerprint density at radius 1 is 1.22 bits per heavy atom. The van der Waals surface area contributed by atoms with Crippen molar-refractivity contribution in [2.24, 2.45) is 0 Å². The second-order valence-corrected chi connectivity index (χ2v) is 3.46. The molecule has 0 unspecified atom stereocenters. The van der Waals surface area contributed by atoms with Gasteiger partial charge < -0.3 is 0 Å². The third-order valence-electron chi connectivity index (χ3n) is 2.20. The van der Waals surface area contributed by atoms with E-state index in [-0.39, 0.29) is 17.7 Å². The monoisotopic (exact) mass is 258 g/mol. The first-order chi connectivity index (χ1) is 8.41. The normalized spacial score (nSPS) is 11.6. The van der Waals surface area contributed by atoms with Gasteiger partial charge in [0.2, 0.25) is 0 Å². The van der Waals surface area contributed by atoms with Crippen molar-refractivity contribution >= 4 is 6.29 Å². The van der Waals surface area contributed by atoms with Crippen LogP contribution in [0.2, 0.25) is 0 Å². The summed E-state index contributed by atoms with van der Waals surface area (Å²) in [5.74, 6) is -0.631. The van der Waals surface area contributed by atoms with Crippen LogP contribution < -0.4 is 0 Å². The van der Waals surface area contributed by atoms with Crippen LogP contribution >= 0.6 is 0 Å². The van der Waals surface area contributed by atoms with E-state index >= 15 is 0 Å². The van der Waals surface area contributed by atoms with Gasteiger partial charge in [0, 0.05) is 0 Å². The molecule has 2 rings (SSSR count). The molecule has 0 amide bonds. The first kappa shape index (κ1) is 12.3. The summed E-state index contributed by atoms with van der Waals surface area (Å²) in [6, 6.07) is 5.40. The molecule has 0 bridgehead atoms. The number of halogens is 4. The van der Waals surface area contributed by atoms with Crippen molar-refractivity contribution in [1.29, 1.82) is 0 Å². The van der Waals surface area contributed by atoms with Gasteiger partial charge in [-0.3, -0.25) is 4.79 Å². The number of hydrogen-bond donors (Lipinski definition) is 0. The largest absolute Gasteiger partial charge is 0.435 e. The summed E-state index contributed by atoms with van der Waals surface area (Å²) < 4.78 is 51.1. The molecule has 0 atom stereocenters. The highest BCUT2D eigenvalue weighted by molar-refractivity contribution is 5.73. The first-order valence-corrected chi connectivity index (χ1v) is 4.80. The molecular weight excluding hydrogens is 252 g/mol. The number of hydrogen-bond acceptors (Lipinski definition) is 2. The minimum Gasteiger partial charge on any atom is -0.296 e. The minimum atomic E-state index is -4.66. The van der Waals surface area contributed by atoms with Gasteiger partial charge in [-0.1, -0.05) is 6.07 Å². The molecule has 0 saturated heterocycles. The fourth-order valence-electron chi connectivity index (χ4n) is 1.43. The fourth-order valence-corrected chi connectivity index (χ4v) is 1.43. The van der Waals surface area contributed by atoms with Crippen LogP contribution in [0.1, 0.15) is 16.2 Å². The van der Waals surface area contributed by atoms with E-state index in [1.807, 2.05) is 0 Å². The van der Waals surface area contributed by atoms with Crippen LogP contribution in [0.3, 0.4) is 0 Å². The SMILES string of the molecule is O=Cc1cc(C(F)(F)F)nn1-c1cccc(F)c1. The van der Waals surface area contributed by atoms with Gasteiger partial charge in [-0.15, -0.1) is 0 Å². The molecule has 0 spiro atoms. The molecule has 0 aliphatic rings. The molecule has 1 aromatic carbocycles. The second-order valence-electron chi connectivity index (χ2n) is 3.46. The molecule has 0 radical (unpaired) electrons. The number of aromatic nitrogens is 2. The van der Waals surface area contributed by atoms with E-state index in [0.717, 1.165) is 16.8 Å². The van der Waals surface area contributed by atoms with Crippen LogP contribution in [0.4, 0.5) is 17.6 Å². The Kier molecular flexibility index (Phi) is 2.90. The Morgan fingerprint density at radius 3 is 2.50 bits per heavy atom. The van der Waals surface area contributed by atoms with Crippen molar-refractivity contribution in [2.45, 2.75) is 6.18 Å². The summed E-state index contributed by atoms with van der Waals surface area (Å²) >= 11 is 0. The molecule has 7 heteroatoms. The van der Waals surface area contributed by atoms with Crippen LogP contribution in [0.5, 0.6) is 0 Å². The number of benzene rings is 1. The summed E-state index contributed by atoms with van der Waals surface area (Å²) in [6.07, 6.45) is -4.43. The summed E-state index contributed by atoms with van der Waals surface area (Å²) in [7, 11) is 0. The van der Waals surface area contributed by atoms with Gasteiger partial charge in [0.15, 0.2) is 12.0 Å². The minimum absolute atomic E-state index is 0.0487. The van der Waals surface area contributed by atoms with Crippen molar-refractivity contribution in [2.75, 3.05) is 0 Å². The molecule has 1 aromatic heterocycles. The highest BCUT2D eigenvalue weighted by Gasteiger charge is 2.35. The second kappa shape index (κ2) is 4.25. The van der Waals surface area contributed by atoms with Crippen molar-refractivity contribution in [3.63, 3.8) is 0 Å². The van der Waals surface area contributed by atoms with Gasteiger partial charge in [-0.25, -0.2) is 9.07 Å². The topological polar surface area (TPSA) is 34.9 Å². The molecule has 0 fully saturated rings. The summed E-state index contributed by atoms with van der Waals surface area (Å²) in [5.41, 5.74) is -1.45. The summed E-state index contributed by atoms with van der Waals surface area (Å²) in [6.45, 7) is 0. The Balaban J connectivity index is 2.57. The lowest BCUT2D eigenvalue weighted by Gasteiger charge is -2.04. The Morgan fingerprint density at radius 2 is 1.94 bits per heavy atom. The van der Waals surface area contributed by atoms with Gasteiger partial charge in [-0.2, -0.15) is 18.3 Å². The number of nitrogens with zero attached hydrogens (tertiary/aromatic N) is 2. The Bertz CT molecular complexity index is 589. The average molecular weight is 258 g/mol. The van der Waals surface area contributed by atoms with E-state index in [4.69, 9.17) is 0 Å². The van der Waals surface area contributed by atoms with Crippen LogP contribution in [-0.4, -0.2) is 16.1 Å². The predicted molar refractivity (Wildman–Crippen MR) is 53.9 cm³/mol. The Hall–Kier alpha value is -2.18. The number of aldehydes is 1. The van der Waals surface area contributed by atoms with Gasteiger partial charge in [-0.05, 0) is 24.3 Å². The van der Waals surface area contributed by atoms with Crippen molar-refractivity contribution in [3.8, 4) is 5.69 Å². The van der Waals surface area contributed by atoms with Gasteiger partial charge in [0.25, 0.3) is 0 Å². The number of rotatable bonds is 2.